The monoisotopic (exact) mass is 433 g/mol. The standard InChI is InChI=1S/C21H31N5O5/c1-23-19(16-20(28)24(2)21(23)29)22-11-14-25(12-3-4-15-27)13-5-6-17-7-9-18(10-8-17)26(30)31/h7-10,16,22,27H,3-6,11-15H2,1-2H3. The van der Waals surface area contributed by atoms with Gasteiger partial charge in [0.15, 0.2) is 0 Å². The molecule has 10 nitrogen and oxygen atoms in total. The second-order valence-corrected chi connectivity index (χ2v) is 7.49. The van der Waals surface area contributed by atoms with Gasteiger partial charge in [-0.2, -0.15) is 0 Å². The van der Waals surface area contributed by atoms with Crippen LogP contribution < -0.4 is 16.6 Å². The largest absolute Gasteiger partial charge is 0.396 e. The number of aliphatic hydroxyl groups is 1. The minimum atomic E-state index is -0.405. The molecule has 2 rings (SSSR count). The molecule has 0 aliphatic rings. The van der Waals surface area contributed by atoms with E-state index < -0.39 is 4.92 Å². The second kappa shape index (κ2) is 12.0. The van der Waals surface area contributed by atoms with Crippen molar-refractivity contribution >= 4 is 11.5 Å². The van der Waals surface area contributed by atoms with Gasteiger partial charge in [0.1, 0.15) is 5.82 Å². The zero-order valence-electron chi connectivity index (χ0n) is 18.1. The predicted octanol–water partition coefficient (Wildman–Crippen LogP) is 1.11. The molecule has 0 aliphatic carbocycles. The number of non-ortho nitro benzene ring substituents is 1. The van der Waals surface area contributed by atoms with E-state index in [1.54, 1.807) is 19.2 Å². The summed E-state index contributed by atoms with van der Waals surface area (Å²) in [6.07, 6.45) is 3.31. The topological polar surface area (TPSA) is 123 Å². The smallest absolute Gasteiger partial charge is 0.332 e. The van der Waals surface area contributed by atoms with E-state index in [9.17, 15) is 19.7 Å². The van der Waals surface area contributed by atoms with Crippen LogP contribution in [0.4, 0.5) is 11.5 Å². The lowest BCUT2D eigenvalue weighted by atomic mass is 10.1. The van der Waals surface area contributed by atoms with E-state index in [0.717, 1.165) is 55.4 Å². The van der Waals surface area contributed by atoms with Crippen molar-refractivity contribution in [1.29, 1.82) is 0 Å². The summed E-state index contributed by atoms with van der Waals surface area (Å²) in [5.74, 6) is 0.481. The van der Waals surface area contributed by atoms with Gasteiger partial charge in [-0.25, -0.2) is 4.79 Å². The van der Waals surface area contributed by atoms with Crippen molar-refractivity contribution in [3.8, 4) is 0 Å². The lowest BCUT2D eigenvalue weighted by Crippen LogP contribution is -2.38. The molecule has 2 aromatic rings. The minimum Gasteiger partial charge on any atom is -0.396 e. The van der Waals surface area contributed by atoms with E-state index in [1.807, 2.05) is 0 Å². The number of nitro benzene ring substituents is 1. The number of nitrogens with one attached hydrogen (secondary N) is 1. The van der Waals surface area contributed by atoms with Crippen LogP contribution in [0.3, 0.4) is 0 Å². The normalized spacial score (nSPS) is 11.1. The Morgan fingerprint density at radius 3 is 2.35 bits per heavy atom. The molecule has 0 saturated carbocycles. The SMILES string of the molecule is Cn1c(NCCN(CCCCO)CCCc2ccc([N+](=O)[O-])cc2)cc(=O)n(C)c1=O. The Labute approximate surface area is 180 Å². The third-order valence-corrected chi connectivity index (χ3v) is 5.23. The van der Waals surface area contributed by atoms with Crippen LogP contribution >= 0.6 is 0 Å². The van der Waals surface area contributed by atoms with Gasteiger partial charge in [0.25, 0.3) is 11.2 Å². The van der Waals surface area contributed by atoms with Gasteiger partial charge in [0.2, 0.25) is 0 Å². The van der Waals surface area contributed by atoms with Crippen molar-refractivity contribution in [2.45, 2.75) is 25.7 Å². The molecule has 0 bridgehead atoms. The molecule has 10 heteroatoms. The van der Waals surface area contributed by atoms with Crippen LogP contribution in [0.5, 0.6) is 0 Å². The summed E-state index contributed by atoms with van der Waals surface area (Å²) in [5.41, 5.74) is 0.408. The highest BCUT2D eigenvalue weighted by atomic mass is 16.6. The molecular formula is C21H31N5O5. The number of aryl methyl sites for hydroxylation is 1. The van der Waals surface area contributed by atoms with Gasteiger partial charge in [-0.15, -0.1) is 0 Å². The van der Waals surface area contributed by atoms with E-state index in [0.29, 0.717) is 12.4 Å². The Kier molecular flexibility index (Phi) is 9.41. The molecule has 170 valence electrons. The zero-order valence-corrected chi connectivity index (χ0v) is 18.1. The molecule has 2 N–H and O–H groups in total. The average molecular weight is 434 g/mol. The van der Waals surface area contributed by atoms with Gasteiger partial charge < -0.3 is 15.3 Å². The molecule has 0 fully saturated rings. The molecule has 0 aliphatic heterocycles. The Hall–Kier alpha value is -2.98. The third kappa shape index (κ3) is 7.34. The number of benzene rings is 1. The molecule has 1 aromatic heterocycles. The number of nitro groups is 1. The molecule has 1 aromatic carbocycles. The van der Waals surface area contributed by atoms with Gasteiger partial charge in [-0.1, -0.05) is 12.1 Å². The van der Waals surface area contributed by atoms with E-state index in [4.69, 9.17) is 5.11 Å². The van der Waals surface area contributed by atoms with Crippen LogP contribution in [-0.2, 0) is 20.5 Å². The van der Waals surface area contributed by atoms with Crippen molar-refractivity contribution in [1.82, 2.24) is 14.0 Å². The van der Waals surface area contributed by atoms with Crippen LogP contribution in [0.2, 0.25) is 0 Å². The van der Waals surface area contributed by atoms with Gasteiger partial charge in [0.05, 0.1) is 4.92 Å². The lowest BCUT2D eigenvalue weighted by molar-refractivity contribution is -0.384. The maximum Gasteiger partial charge on any atom is 0.332 e. The Balaban J connectivity index is 1.89. The van der Waals surface area contributed by atoms with Crippen LogP contribution in [0.25, 0.3) is 0 Å². The van der Waals surface area contributed by atoms with Gasteiger partial charge in [-0.05, 0) is 44.3 Å². The molecule has 0 radical (unpaired) electrons. The summed E-state index contributed by atoms with van der Waals surface area (Å²) >= 11 is 0. The second-order valence-electron chi connectivity index (χ2n) is 7.49. The fourth-order valence-corrected chi connectivity index (χ4v) is 3.32. The zero-order chi connectivity index (χ0) is 22.8. The summed E-state index contributed by atoms with van der Waals surface area (Å²) in [6.45, 7) is 3.11. The first-order valence-corrected chi connectivity index (χ1v) is 10.4. The summed E-state index contributed by atoms with van der Waals surface area (Å²) in [5, 5.41) is 23.0. The number of unbranched alkanes of at least 4 members (excludes halogenated alkanes) is 1. The highest BCUT2D eigenvalue weighted by Gasteiger charge is 2.09. The van der Waals surface area contributed by atoms with Gasteiger partial charge >= 0.3 is 5.69 Å². The number of hydrogen-bond donors (Lipinski definition) is 2. The maximum absolute atomic E-state index is 12.0. The van der Waals surface area contributed by atoms with Gasteiger partial charge in [0, 0.05) is 52.0 Å². The van der Waals surface area contributed by atoms with Crippen LogP contribution in [0.1, 0.15) is 24.8 Å². The third-order valence-electron chi connectivity index (χ3n) is 5.23. The number of anilines is 1. The van der Waals surface area contributed by atoms with Crippen molar-refractivity contribution in [2.24, 2.45) is 14.1 Å². The number of aromatic nitrogens is 2. The van der Waals surface area contributed by atoms with Crippen molar-refractivity contribution in [3.05, 3.63) is 66.8 Å². The lowest BCUT2D eigenvalue weighted by Gasteiger charge is -2.23. The number of nitrogens with zero attached hydrogens (tertiary/aromatic N) is 4. The molecule has 0 saturated heterocycles. The van der Waals surface area contributed by atoms with Crippen LogP contribution in [0.15, 0.2) is 39.9 Å². The highest BCUT2D eigenvalue weighted by molar-refractivity contribution is 5.34. The van der Waals surface area contributed by atoms with Gasteiger partial charge in [-0.3, -0.25) is 24.0 Å². The molecule has 0 atom stereocenters. The Bertz CT molecular complexity index is 968. The van der Waals surface area contributed by atoms with Crippen molar-refractivity contribution < 1.29 is 10.0 Å². The number of hydrogen-bond acceptors (Lipinski definition) is 7. The summed E-state index contributed by atoms with van der Waals surface area (Å²) in [6, 6.07) is 8.02. The predicted molar refractivity (Wildman–Crippen MR) is 120 cm³/mol. The Morgan fingerprint density at radius 1 is 1.03 bits per heavy atom. The van der Waals surface area contributed by atoms with Crippen molar-refractivity contribution in [2.75, 3.05) is 38.1 Å². The molecule has 31 heavy (non-hydrogen) atoms. The average Bonchev–Trinajstić information content (AvgIpc) is 2.76. The quantitative estimate of drug-likeness (QED) is 0.276. The van der Waals surface area contributed by atoms with E-state index in [1.165, 1.54) is 29.8 Å². The first kappa shape index (κ1) is 24.3. The highest BCUT2D eigenvalue weighted by Crippen LogP contribution is 2.13. The molecule has 0 spiro atoms. The van der Waals surface area contributed by atoms with E-state index >= 15 is 0 Å². The fourth-order valence-electron chi connectivity index (χ4n) is 3.32. The summed E-state index contributed by atoms with van der Waals surface area (Å²) in [4.78, 5) is 36.5. The first-order chi connectivity index (χ1) is 14.8. The van der Waals surface area contributed by atoms with Crippen molar-refractivity contribution in [3.63, 3.8) is 0 Å². The first-order valence-electron chi connectivity index (χ1n) is 10.4. The minimum absolute atomic E-state index is 0.0885. The van der Waals surface area contributed by atoms with E-state index in [2.05, 4.69) is 10.2 Å². The maximum atomic E-state index is 12.0. The van der Waals surface area contributed by atoms with Crippen LogP contribution in [-0.4, -0.2) is 56.8 Å². The number of rotatable bonds is 13. The molecular weight excluding hydrogens is 402 g/mol. The van der Waals surface area contributed by atoms with Crippen LogP contribution in [0, 0.1) is 10.1 Å². The molecule has 0 amide bonds. The molecule has 0 unspecified atom stereocenters. The Morgan fingerprint density at radius 2 is 1.71 bits per heavy atom. The molecule has 1 heterocycles. The summed E-state index contributed by atoms with van der Waals surface area (Å²) < 4.78 is 2.47. The number of aliphatic hydroxyl groups excluding tert-OH is 1. The van der Waals surface area contributed by atoms with E-state index in [-0.39, 0.29) is 23.5 Å². The summed E-state index contributed by atoms with van der Waals surface area (Å²) in [7, 11) is 3.07. The fraction of sp³-hybridized carbons (Fsp3) is 0.524.